The van der Waals surface area contributed by atoms with Crippen LogP contribution in [-0.2, 0) is 5.41 Å². The molecule has 0 aliphatic carbocycles. The van der Waals surface area contributed by atoms with Gasteiger partial charge >= 0.3 is 0 Å². The molecule has 0 aliphatic rings. The van der Waals surface area contributed by atoms with Crippen molar-refractivity contribution in [2.24, 2.45) is 0 Å². The summed E-state index contributed by atoms with van der Waals surface area (Å²) in [6.07, 6.45) is 0. The number of thiazole rings is 1. The van der Waals surface area contributed by atoms with E-state index in [0.717, 1.165) is 16.1 Å². The Morgan fingerprint density at radius 3 is 2.63 bits per heavy atom. The van der Waals surface area contributed by atoms with Gasteiger partial charge in [-0.25, -0.2) is 4.98 Å². The summed E-state index contributed by atoms with van der Waals surface area (Å²) in [7, 11) is 0. The number of phenolic OH excluding ortho intramolecular Hbond substituents is 1. The van der Waals surface area contributed by atoms with Gasteiger partial charge in [0.25, 0.3) is 0 Å². The van der Waals surface area contributed by atoms with Crippen molar-refractivity contribution in [2.45, 2.75) is 26.2 Å². The lowest BCUT2D eigenvalue weighted by Gasteiger charge is -2.14. The van der Waals surface area contributed by atoms with Gasteiger partial charge in [-0.05, 0) is 29.7 Å². The smallest absolute Gasteiger partial charge is 0.133 e. The van der Waals surface area contributed by atoms with Crippen LogP contribution in [0.3, 0.4) is 0 Å². The molecule has 0 atom stereocenters. The molecule has 0 fully saturated rings. The number of aromatic hydroxyl groups is 1. The molecule has 0 amide bonds. The number of rotatable bonds is 1. The van der Waals surface area contributed by atoms with Crippen molar-refractivity contribution in [3.05, 3.63) is 35.3 Å². The Kier molecular flexibility index (Phi) is 2.87. The molecule has 3 rings (SSSR count). The first-order valence-electron chi connectivity index (χ1n) is 6.12. The van der Waals surface area contributed by atoms with Crippen LogP contribution >= 0.6 is 22.7 Å². The van der Waals surface area contributed by atoms with Crippen LogP contribution in [-0.4, -0.2) is 10.1 Å². The Hall–Kier alpha value is -1.39. The van der Waals surface area contributed by atoms with E-state index in [0.29, 0.717) is 5.75 Å². The molecule has 4 heteroatoms. The van der Waals surface area contributed by atoms with Gasteiger partial charge in [-0.2, -0.15) is 0 Å². The lowest BCUT2D eigenvalue weighted by molar-refractivity contribution is 0.476. The molecule has 0 bridgehead atoms. The molecule has 1 N–H and O–H groups in total. The number of phenols is 1. The largest absolute Gasteiger partial charge is 0.508 e. The SMILES string of the molecule is CC(C)(C)c1csc(-c2cc3cc(O)ccc3s2)n1. The normalized spacial score (nSPS) is 12.2. The fraction of sp³-hybridized carbons (Fsp3) is 0.267. The molecule has 0 saturated heterocycles. The average molecular weight is 289 g/mol. The van der Waals surface area contributed by atoms with Gasteiger partial charge in [0, 0.05) is 15.5 Å². The second kappa shape index (κ2) is 4.32. The summed E-state index contributed by atoms with van der Waals surface area (Å²) in [6.45, 7) is 6.53. The maximum absolute atomic E-state index is 9.51. The van der Waals surface area contributed by atoms with Crippen LogP contribution in [0.5, 0.6) is 5.75 Å². The minimum atomic E-state index is 0.0870. The number of hydrogen-bond donors (Lipinski definition) is 1. The van der Waals surface area contributed by atoms with Crippen LogP contribution < -0.4 is 0 Å². The molecule has 0 unspecified atom stereocenters. The monoisotopic (exact) mass is 289 g/mol. The van der Waals surface area contributed by atoms with Crippen LogP contribution in [0.15, 0.2) is 29.6 Å². The van der Waals surface area contributed by atoms with Gasteiger partial charge in [0.15, 0.2) is 0 Å². The van der Waals surface area contributed by atoms with E-state index in [1.807, 2.05) is 6.07 Å². The van der Waals surface area contributed by atoms with Crippen LogP contribution in [0.2, 0.25) is 0 Å². The number of benzene rings is 1. The third-order valence-electron chi connectivity index (χ3n) is 2.98. The minimum Gasteiger partial charge on any atom is -0.508 e. The zero-order valence-corrected chi connectivity index (χ0v) is 12.7. The second-order valence-electron chi connectivity index (χ2n) is 5.62. The molecule has 19 heavy (non-hydrogen) atoms. The number of hydrogen-bond acceptors (Lipinski definition) is 4. The molecule has 0 spiro atoms. The number of nitrogens with zero attached hydrogens (tertiary/aromatic N) is 1. The molecule has 0 aliphatic heterocycles. The summed E-state index contributed by atoms with van der Waals surface area (Å²) in [4.78, 5) is 5.90. The van der Waals surface area contributed by atoms with Crippen molar-refractivity contribution in [3.63, 3.8) is 0 Å². The van der Waals surface area contributed by atoms with Crippen LogP contribution in [0.1, 0.15) is 26.5 Å². The van der Waals surface area contributed by atoms with Crippen LogP contribution in [0.4, 0.5) is 0 Å². The fourth-order valence-corrected chi connectivity index (χ4v) is 4.02. The van der Waals surface area contributed by atoms with Crippen molar-refractivity contribution < 1.29 is 5.11 Å². The Morgan fingerprint density at radius 2 is 1.95 bits per heavy atom. The second-order valence-corrected chi connectivity index (χ2v) is 7.56. The summed E-state index contributed by atoms with van der Waals surface area (Å²) >= 11 is 3.41. The number of aromatic nitrogens is 1. The first kappa shape index (κ1) is 12.6. The fourth-order valence-electron chi connectivity index (χ4n) is 1.87. The molecule has 2 nitrogen and oxygen atoms in total. The summed E-state index contributed by atoms with van der Waals surface area (Å²) in [6, 6.07) is 7.58. The van der Waals surface area contributed by atoms with E-state index in [2.05, 4.69) is 32.2 Å². The Balaban J connectivity index is 2.07. The van der Waals surface area contributed by atoms with E-state index in [9.17, 15) is 5.11 Å². The molecule has 0 radical (unpaired) electrons. The maximum Gasteiger partial charge on any atom is 0.133 e. The third-order valence-corrected chi connectivity index (χ3v) is 5.11. The maximum atomic E-state index is 9.51. The third kappa shape index (κ3) is 2.38. The Bertz CT molecular complexity index is 734. The molecule has 3 aromatic rings. The van der Waals surface area contributed by atoms with E-state index in [-0.39, 0.29) is 5.41 Å². The molecule has 1 aromatic carbocycles. The highest BCUT2D eigenvalue weighted by Gasteiger charge is 2.18. The van der Waals surface area contributed by atoms with Gasteiger partial charge in [-0.15, -0.1) is 22.7 Å². The van der Waals surface area contributed by atoms with Crippen molar-refractivity contribution in [3.8, 4) is 15.6 Å². The summed E-state index contributed by atoms with van der Waals surface area (Å²) in [5.41, 5.74) is 1.22. The summed E-state index contributed by atoms with van der Waals surface area (Å²) in [5.74, 6) is 0.311. The first-order valence-corrected chi connectivity index (χ1v) is 7.82. The Morgan fingerprint density at radius 1 is 1.16 bits per heavy atom. The van der Waals surface area contributed by atoms with Crippen molar-refractivity contribution in [2.75, 3.05) is 0 Å². The van der Waals surface area contributed by atoms with Crippen molar-refractivity contribution >= 4 is 32.8 Å². The zero-order chi connectivity index (χ0) is 13.6. The molecule has 2 heterocycles. The highest BCUT2D eigenvalue weighted by molar-refractivity contribution is 7.25. The quantitative estimate of drug-likeness (QED) is 0.681. The lowest BCUT2D eigenvalue weighted by Crippen LogP contribution is -2.11. The van der Waals surface area contributed by atoms with E-state index in [4.69, 9.17) is 4.98 Å². The Labute approximate surface area is 120 Å². The predicted molar refractivity (Wildman–Crippen MR) is 83.3 cm³/mol. The van der Waals surface area contributed by atoms with E-state index in [1.165, 1.54) is 9.58 Å². The molecular formula is C15H15NOS2. The molecule has 98 valence electrons. The van der Waals surface area contributed by atoms with Gasteiger partial charge in [-0.1, -0.05) is 20.8 Å². The first-order chi connectivity index (χ1) is 8.93. The highest BCUT2D eigenvalue weighted by Crippen LogP contribution is 2.37. The zero-order valence-electron chi connectivity index (χ0n) is 11.1. The average Bonchev–Trinajstić information content (AvgIpc) is 2.92. The standard InChI is InChI=1S/C15H15NOS2/c1-15(2,3)13-8-18-14(16-13)12-7-9-6-10(17)4-5-11(9)19-12/h4-8,17H,1-3H3. The van der Waals surface area contributed by atoms with Gasteiger partial charge in [0.05, 0.1) is 10.6 Å². The van der Waals surface area contributed by atoms with Gasteiger partial charge in [-0.3, -0.25) is 0 Å². The van der Waals surface area contributed by atoms with E-state index >= 15 is 0 Å². The van der Waals surface area contributed by atoms with Gasteiger partial charge < -0.3 is 5.11 Å². The molecular weight excluding hydrogens is 274 g/mol. The van der Waals surface area contributed by atoms with E-state index in [1.54, 1.807) is 34.8 Å². The van der Waals surface area contributed by atoms with Gasteiger partial charge in [0.1, 0.15) is 10.8 Å². The van der Waals surface area contributed by atoms with Crippen LogP contribution in [0.25, 0.3) is 20.0 Å². The minimum absolute atomic E-state index is 0.0870. The summed E-state index contributed by atoms with van der Waals surface area (Å²) < 4.78 is 1.18. The summed E-state index contributed by atoms with van der Waals surface area (Å²) in [5, 5.41) is 13.8. The van der Waals surface area contributed by atoms with E-state index < -0.39 is 0 Å². The molecule has 2 aromatic heterocycles. The topological polar surface area (TPSA) is 33.1 Å². The lowest BCUT2D eigenvalue weighted by atomic mass is 9.93. The van der Waals surface area contributed by atoms with Crippen molar-refractivity contribution in [1.29, 1.82) is 0 Å². The highest BCUT2D eigenvalue weighted by atomic mass is 32.1. The predicted octanol–water partition coefficient (Wildman–Crippen LogP) is 5.03. The molecule has 0 saturated carbocycles. The van der Waals surface area contributed by atoms with Gasteiger partial charge in [0.2, 0.25) is 0 Å². The van der Waals surface area contributed by atoms with Crippen LogP contribution in [0, 0.1) is 0 Å². The number of fused-ring (bicyclic) bond motifs is 1. The van der Waals surface area contributed by atoms with Crippen molar-refractivity contribution in [1.82, 2.24) is 4.98 Å². The number of thiophene rings is 1.